The number of benzene rings is 2. The zero-order chi connectivity index (χ0) is 27.0. The highest BCUT2D eigenvalue weighted by Gasteiger charge is 2.50. The topological polar surface area (TPSA) is 136 Å². The highest BCUT2D eigenvalue weighted by Crippen LogP contribution is 2.52. The molecule has 212 valence electrons. The van der Waals surface area contributed by atoms with E-state index in [2.05, 4.69) is 39.3 Å². The SMILES string of the molecule is Cn1cnc(S(=O)(=O)NS(=O)(=O)NCCOc2ccc3c(c2)C(C2(c4ccc(Cl)cc4)CCC2)[NH2+]CC3)c1.[Cl-]. The van der Waals surface area contributed by atoms with Gasteiger partial charge < -0.3 is 27.0 Å². The fourth-order valence-electron chi connectivity index (χ4n) is 5.44. The van der Waals surface area contributed by atoms with Crippen LogP contribution < -0.4 is 31.3 Å². The van der Waals surface area contributed by atoms with Crippen molar-refractivity contribution in [2.24, 2.45) is 7.05 Å². The number of hydrogen-bond donors (Lipinski definition) is 3. The number of fused-ring (bicyclic) bond motifs is 1. The van der Waals surface area contributed by atoms with Gasteiger partial charge in [-0.2, -0.15) is 13.1 Å². The Morgan fingerprint density at radius 2 is 1.90 bits per heavy atom. The second kappa shape index (κ2) is 11.7. The highest BCUT2D eigenvalue weighted by molar-refractivity contribution is 8.03. The largest absolute Gasteiger partial charge is 1.00 e. The van der Waals surface area contributed by atoms with Crippen molar-refractivity contribution in [1.82, 2.24) is 18.4 Å². The maximum Gasteiger partial charge on any atom is 0.290 e. The molecule has 1 fully saturated rings. The van der Waals surface area contributed by atoms with Crippen molar-refractivity contribution in [3.63, 3.8) is 0 Å². The van der Waals surface area contributed by atoms with E-state index < -0.39 is 20.2 Å². The van der Waals surface area contributed by atoms with E-state index in [0.29, 0.717) is 5.75 Å². The van der Waals surface area contributed by atoms with Crippen LogP contribution in [-0.4, -0.2) is 46.1 Å². The van der Waals surface area contributed by atoms with Crippen LogP contribution in [0.5, 0.6) is 5.75 Å². The average Bonchev–Trinajstić information content (AvgIpc) is 3.29. The summed E-state index contributed by atoms with van der Waals surface area (Å²) in [6.45, 7) is 0.928. The molecule has 3 aromatic rings. The molecule has 0 bridgehead atoms. The lowest BCUT2D eigenvalue weighted by Crippen LogP contribution is -3.00. The minimum absolute atomic E-state index is 0. The number of imidazole rings is 1. The Hall–Kier alpha value is -2.19. The molecule has 0 spiro atoms. The molecule has 0 amide bonds. The predicted octanol–water partition coefficient (Wildman–Crippen LogP) is -1.45. The van der Waals surface area contributed by atoms with Crippen molar-refractivity contribution >= 4 is 31.8 Å². The molecule has 2 aromatic carbocycles. The number of aromatic nitrogens is 2. The zero-order valence-electron chi connectivity index (χ0n) is 21.3. The minimum atomic E-state index is -4.34. The number of nitrogens with one attached hydrogen (secondary N) is 2. The van der Waals surface area contributed by atoms with Gasteiger partial charge in [0.15, 0.2) is 5.03 Å². The van der Waals surface area contributed by atoms with E-state index >= 15 is 0 Å². The number of rotatable bonds is 10. The summed E-state index contributed by atoms with van der Waals surface area (Å²) in [5.74, 6) is 0.642. The molecular weight excluding hydrogens is 585 g/mol. The lowest BCUT2D eigenvalue weighted by molar-refractivity contribution is -0.710. The Morgan fingerprint density at radius 3 is 2.54 bits per heavy atom. The van der Waals surface area contributed by atoms with Crippen molar-refractivity contribution in [2.75, 3.05) is 19.7 Å². The molecule has 1 atom stereocenters. The van der Waals surface area contributed by atoms with Gasteiger partial charge in [-0.05, 0) is 48.2 Å². The van der Waals surface area contributed by atoms with Crippen molar-refractivity contribution < 1.29 is 39.3 Å². The smallest absolute Gasteiger partial charge is 0.290 e. The Kier molecular flexibility index (Phi) is 8.96. The molecule has 1 saturated carbocycles. The van der Waals surface area contributed by atoms with Crippen LogP contribution in [0.4, 0.5) is 0 Å². The number of ether oxygens (including phenoxy) is 1. The van der Waals surface area contributed by atoms with E-state index in [4.69, 9.17) is 16.3 Å². The number of hydrogen-bond acceptors (Lipinski definition) is 6. The molecule has 0 saturated heterocycles. The molecule has 1 aliphatic carbocycles. The molecular formula is C25H31Cl2N5O5S2. The lowest BCUT2D eigenvalue weighted by atomic mass is 9.58. The van der Waals surface area contributed by atoms with Gasteiger partial charge in [0.1, 0.15) is 18.4 Å². The third-order valence-electron chi connectivity index (χ3n) is 7.37. The van der Waals surface area contributed by atoms with Crippen LogP contribution >= 0.6 is 11.6 Å². The first-order chi connectivity index (χ1) is 18.1. The van der Waals surface area contributed by atoms with Crippen LogP contribution in [0.3, 0.4) is 0 Å². The standard InChI is InChI=1S/C25H30ClN5O5S2.ClH/c1-31-16-23(28-17-31)37(32,33)30-38(34,35)29-13-14-36-21-8-3-18-9-12-27-24(22(18)15-21)25(10-2-11-25)19-4-6-20(26)7-5-19;/h3-8,15-17,24,27,29-30H,2,9-14H2,1H3;1H. The Labute approximate surface area is 240 Å². The summed E-state index contributed by atoms with van der Waals surface area (Å²) >= 11 is 6.16. The Morgan fingerprint density at radius 1 is 1.15 bits per heavy atom. The van der Waals surface area contributed by atoms with Gasteiger partial charge in [-0.3, -0.25) is 0 Å². The van der Waals surface area contributed by atoms with Crippen molar-refractivity contribution in [3.8, 4) is 5.75 Å². The molecule has 39 heavy (non-hydrogen) atoms. The van der Waals surface area contributed by atoms with E-state index in [-0.39, 0.29) is 42.0 Å². The summed E-state index contributed by atoms with van der Waals surface area (Å²) in [6, 6.07) is 14.5. The normalized spacial score (nSPS) is 18.5. The molecule has 2 heterocycles. The van der Waals surface area contributed by atoms with Gasteiger partial charge in [0, 0.05) is 36.8 Å². The first-order valence-corrected chi connectivity index (χ1v) is 15.8. The summed E-state index contributed by atoms with van der Waals surface area (Å²) in [6.07, 6.45) is 6.85. The first-order valence-electron chi connectivity index (χ1n) is 12.4. The van der Waals surface area contributed by atoms with Gasteiger partial charge in [-0.1, -0.05) is 40.3 Å². The highest BCUT2D eigenvalue weighted by atomic mass is 35.5. The average molecular weight is 617 g/mol. The van der Waals surface area contributed by atoms with Crippen LogP contribution in [-0.2, 0) is 39.1 Å². The predicted molar refractivity (Wildman–Crippen MR) is 143 cm³/mol. The lowest BCUT2D eigenvalue weighted by Gasteiger charge is -2.48. The molecule has 10 nitrogen and oxygen atoms in total. The Bertz CT molecular complexity index is 1520. The second-order valence-electron chi connectivity index (χ2n) is 9.84. The molecule has 0 radical (unpaired) electrons. The second-order valence-corrected chi connectivity index (χ2v) is 13.7. The van der Waals surface area contributed by atoms with E-state index in [0.717, 1.165) is 30.8 Å². The maximum absolute atomic E-state index is 12.3. The van der Waals surface area contributed by atoms with Gasteiger partial charge in [-0.25, -0.2) is 13.4 Å². The number of quaternary nitrogens is 1. The molecule has 1 aliphatic heterocycles. The third kappa shape index (κ3) is 6.43. The fourth-order valence-corrected chi connectivity index (χ4v) is 8.15. The number of sulfonamides is 1. The molecule has 14 heteroatoms. The molecule has 1 aromatic heterocycles. The molecule has 2 aliphatic rings. The van der Waals surface area contributed by atoms with Gasteiger partial charge in [0.25, 0.3) is 20.2 Å². The summed E-state index contributed by atoms with van der Waals surface area (Å²) in [5.41, 5.74) is 3.89. The molecule has 5 rings (SSSR count). The fraction of sp³-hybridized carbons (Fsp3) is 0.400. The number of nitrogens with two attached hydrogens (primary N) is 1. The van der Waals surface area contributed by atoms with Crippen molar-refractivity contribution in [3.05, 3.63) is 76.7 Å². The summed E-state index contributed by atoms with van der Waals surface area (Å²) < 4.78 is 60.2. The van der Waals surface area contributed by atoms with E-state index in [9.17, 15) is 16.8 Å². The quantitative estimate of drug-likeness (QED) is 0.239. The van der Waals surface area contributed by atoms with Crippen LogP contribution in [0.2, 0.25) is 5.02 Å². The third-order valence-corrected chi connectivity index (χ3v) is 10.7. The van der Waals surface area contributed by atoms with E-state index in [1.54, 1.807) is 11.2 Å². The van der Waals surface area contributed by atoms with E-state index in [1.165, 1.54) is 40.2 Å². The van der Waals surface area contributed by atoms with Crippen LogP contribution in [0.15, 0.2) is 60.0 Å². The Balaban J connectivity index is 0.00000353. The number of aryl methyl sites for hydroxylation is 1. The first kappa shape index (κ1) is 29.8. The van der Waals surface area contributed by atoms with Crippen LogP contribution in [0.25, 0.3) is 0 Å². The van der Waals surface area contributed by atoms with Crippen molar-refractivity contribution in [1.29, 1.82) is 0 Å². The van der Waals surface area contributed by atoms with Gasteiger partial charge in [0.05, 0.1) is 18.3 Å². The monoisotopic (exact) mass is 615 g/mol. The van der Waals surface area contributed by atoms with Gasteiger partial charge in [0.2, 0.25) is 0 Å². The van der Waals surface area contributed by atoms with E-state index in [1.807, 2.05) is 18.2 Å². The minimum Gasteiger partial charge on any atom is -1.00 e. The zero-order valence-corrected chi connectivity index (χ0v) is 24.5. The molecule has 1 unspecified atom stereocenters. The van der Waals surface area contributed by atoms with Gasteiger partial charge >= 0.3 is 0 Å². The van der Waals surface area contributed by atoms with Crippen LogP contribution in [0.1, 0.15) is 42.0 Å². The molecule has 4 N–H and O–H groups in total. The maximum atomic E-state index is 12.3. The van der Waals surface area contributed by atoms with Gasteiger partial charge in [-0.15, -0.1) is 0 Å². The number of halogens is 2. The summed E-state index contributed by atoms with van der Waals surface area (Å²) in [7, 11) is -7.08. The van der Waals surface area contributed by atoms with Crippen molar-refractivity contribution in [2.45, 2.75) is 42.2 Å². The van der Waals surface area contributed by atoms with Crippen LogP contribution in [0, 0.1) is 0 Å². The summed E-state index contributed by atoms with van der Waals surface area (Å²) in [5, 5.41) is 2.76. The summed E-state index contributed by atoms with van der Waals surface area (Å²) in [4.78, 5) is 3.69. The number of nitrogens with zero attached hydrogens (tertiary/aromatic N) is 2.